The highest BCUT2D eigenvalue weighted by Gasteiger charge is 2.43. The first kappa shape index (κ1) is 46.7. The summed E-state index contributed by atoms with van der Waals surface area (Å²) < 4.78 is 5.42. The van der Waals surface area contributed by atoms with Gasteiger partial charge in [0, 0.05) is 32.0 Å². The van der Waals surface area contributed by atoms with Crippen LogP contribution in [0.3, 0.4) is 0 Å². The Morgan fingerprint density at radius 2 is 1.23 bits per heavy atom. The molecule has 2 aliphatic heterocycles. The molecule has 0 unspecified atom stereocenters. The van der Waals surface area contributed by atoms with Crippen LogP contribution in [-0.4, -0.2) is 91.5 Å². The molecule has 5 aromatic rings. The molecule has 14 nitrogen and oxygen atoms in total. The molecule has 1 saturated carbocycles. The van der Waals surface area contributed by atoms with Crippen molar-refractivity contribution in [3.05, 3.63) is 108 Å². The Hall–Kier alpha value is -6.28. The molecule has 1 aliphatic carbocycles. The molecule has 2 aromatic heterocycles. The highest BCUT2D eigenvalue weighted by atomic mass is 16.5. The number of amides is 4. The smallest absolute Gasteiger partial charge is 0.405 e. The minimum atomic E-state index is -1.23. The van der Waals surface area contributed by atoms with Crippen LogP contribution >= 0.6 is 0 Å². The van der Waals surface area contributed by atoms with Crippen LogP contribution in [0.2, 0.25) is 0 Å². The first-order valence-corrected chi connectivity index (χ1v) is 23.0. The molecule has 6 atom stereocenters. The number of carboxylic acid groups (broad SMARTS) is 1. The molecule has 65 heavy (non-hydrogen) atoms. The van der Waals surface area contributed by atoms with Crippen LogP contribution in [0.5, 0.6) is 0 Å². The van der Waals surface area contributed by atoms with Crippen LogP contribution < -0.4 is 10.6 Å². The molecule has 0 bridgehead atoms. The number of hydrogen-bond acceptors (Lipinski definition) is 7. The third kappa shape index (κ3) is 11.3. The lowest BCUT2D eigenvalue weighted by atomic mass is 10.0. The number of likely N-dealkylation sites (tertiary alicyclic amines) is 2. The van der Waals surface area contributed by atoms with Gasteiger partial charge in [-0.1, -0.05) is 120 Å². The van der Waals surface area contributed by atoms with Crippen LogP contribution in [0.1, 0.15) is 103 Å². The van der Waals surface area contributed by atoms with Gasteiger partial charge in [-0.3, -0.25) is 14.4 Å². The molecule has 0 spiro atoms. The summed E-state index contributed by atoms with van der Waals surface area (Å²) in [5, 5.41) is 14.9. The Balaban J connectivity index is 0.00000151. The predicted molar refractivity (Wildman–Crippen MR) is 250 cm³/mol. The van der Waals surface area contributed by atoms with E-state index in [9.17, 15) is 24.3 Å². The molecular weight excluding hydrogens is 821 g/mol. The zero-order valence-corrected chi connectivity index (χ0v) is 38.6. The minimum Gasteiger partial charge on any atom is -0.465 e. The number of imidazole rings is 2. The molecule has 3 aromatic carbocycles. The quantitative estimate of drug-likeness (QED) is 0.0732. The molecular formula is C51H64N8O6. The molecule has 5 N–H and O–H groups in total. The van der Waals surface area contributed by atoms with Gasteiger partial charge in [0.05, 0.1) is 42.5 Å². The number of carbonyl (C=O) groups excluding carboxylic acids is 3. The normalized spacial score (nSPS) is 20.3. The van der Waals surface area contributed by atoms with Gasteiger partial charge in [0.25, 0.3) is 0 Å². The lowest BCUT2D eigenvalue weighted by molar-refractivity contribution is -0.138. The van der Waals surface area contributed by atoms with Crippen LogP contribution in [-0.2, 0) is 19.1 Å². The SMILES string of the molecule is CC(C)C.COC[C@H]1C[C@@H](c2ncc(-c3ccc(-c4ccc(-c5cnc([C@@H]6C[C@H](C)CN6C(=O)[C@H](NC(=O)C6CC6)c6ccccc6)[nH]5)cc4)cc3)[nH]2)N(C(=O)[C@@H](NC(=O)O)C(C)C)C1. The van der Waals surface area contributed by atoms with Crippen molar-refractivity contribution in [1.82, 2.24) is 40.4 Å². The second kappa shape index (κ2) is 20.7. The molecule has 3 fully saturated rings. The van der Waals surface area contributed by atoms with E-state index < -0.39 is 18.2 Å². The summed E-state index contributed by atoms with van der Waals surface area (Å²) in [5.74, 6) is 1.88. The van der Waals surface area contributed by atoms with E-state index in [1.165, 1.54) is 0 Å². The topological polar surface area (TPSA) is 186 Å². The monoisotopic (exact) mass is 884 g/mol. The lowest BCUT2D eigenvalue weighted by Gasteiger charge is -2.29. The van der Waals surface area contributed by atoms with E-state index >= 15 is 0 Å². The zero-order chi connectivity index (χ0) is 46.4. The largest absolute Gasteiger partial charge is 0.465 e. The maximum absolute atomic E-state index is 14.2. The van der Waals surface area contributed by atoms with E-state index in [4.69, 9.17) is 14.7 Å². The molecule has 8 rings (SSSR count). The van der Waals surface area contributed by atoms with Crippen LogP contribution in [0.15, 0.2) is 91.3 Å². The van der Waals surface area contributed by atoms with Crippen molar-refractivity contribution in [3.63, 3.8) is 0 Å². The highest BCUT2D eigenvalue weighted by molar-refractivity contribution is 5.91. The van der Waals surface area contributed by atoms with E-state index in [2.05, 4.69) is 84.7 Å². The number of ether oxygens (including phenoxy) is 1. The van der Waals surface area contributed by atoms with Crippen molar-refractivity contribution in [2.24, 2.45) is 29.6 Å². The van der Waals surface area contributed by atoms with Crippen molar-refractivity contribution < 1.29 is 29.0 Å². The maximum Gasteiger partial charge on any atom is 0.405 e. The Bertz CT molecular complexity index is 2390. The number of carbonyl (C=O) groups is 4. The number of rotatable bonds is 14. The third-order valence-electron chi connectivity index (χ3n) is 12.2. The zero-order valence-electron chi connectivity index (χ0n) is 38.6. The van der Waals surface area contributed by atoms with Crippen LogP contribution in [0.4, 0.5) is 4.79 Å². The number of H-pyrrole nitrogens is 2. The fraction of sp³-hybridized carbons (Fsp3) is 0.451. The fourth-order valence-corrected chi connectivity index (χ4v) is 8.85. The summed E-state index contributed by atoms with van der Waals surface area (Å²) >= 11 is 0. The fourth-order valence-electron chi connectivity index (χ4n) is 8.85. The van der Waals surface area contributed by atoms with E-state index in [0.717, 1.165) is 70.2 Å². The van der Waals surface area contributed by atoms with Crippen molar-refractivity contribution in [1.29, 1.82) is 0 Å². The summed E-state index contributed by atoms with van der Waals surface area (Å²) in [7, 11) is 1.64. The van der Waals surface area contributed by atoms with Crippen molar-refractivity contribution in [2.75, 3.05) is 26.8 Å². The Morgan fingerprint density at radius 1 is 0.723 bits per heavy atom. The van der Waals surface area contributed by atoms with Gasteiger partial charge in [-0.2, -0.15) is 0 Å². The van der Waals surface area contributed by atoms with E-state index in [-0.39, 0.29) is 53.5 Å². The summed E-state index contributed by atoms with van der Waals surface area (Å²) in [5.41, 5.74) is 6.44. The van der Waals surface area contributed by atoms with Gasteiger partial charge < -0.3 is 40.2 Å². The number of aromatic nitrogens is 4. The van der Waals surface area contributed by atoms with E-state index in [1.807, 2.05) is 67.4 Å². The summed E-state index contributed by atoms with van der Waals surface area (Å²) in [6, 6.07) is 23.7. The molecule has 4 heterocycles. The molecule has 344 valence electrons. The molecule has 3 aliphatic rings. The van der Waals surface area contributed by atoms with Gasteiger partial charge in [-0.25, -0.2) is 14.8 Å². The van der Waals surface area contributed by atoms with E-state index in [1.54, 1.807) is 18.2 Å². The van der Waals surface area contributed by atoms with Crippen molar-refractivity contribution >= 4 is 23.8 Å². The third-order valence-corrected chi connectivity index (χ3v) is 12.2. The van der Waals surface area contributed by atoms with Gasteiger partial charge >= 0.3 is 6.09 Å². The number of aromatic amines is 2. The Labute approximate surface area is 382 Å². The lowest BCUT2D eigenvalue weighted by Crippen LogP contribution is -2.51. The molecule has 4 amide bonds. The second-order valence-electron chi connectivity index (χ2n) is 19.0. The maximum atomic E-state index is 14.2. The van der Waals surface area contributed by atoms with Gasteiger partial charge in [0.1, 0.15) is 23.7 Å². The Kier molecular flexibility index (Phi) is 14.9. The van der Waals surface area contributed by atoms with Crippen molar-refractivity contribution in [2.45, 2.75) is 91.4 Å². The highest BCUT2D eigenvalue weighted by Crippen LogP contribution is 2.39. The summed E-state index contributed by atoms with van der Waals surface area (Å²) in [6.07, 6.45) is 5.50. The van der Waals surface area contributed by atoms with Gasteiger partial charge in [0.15, 0.2) is 0 Å². The average molecular weight is 885 g/mol. The Morgan fingerprint density at radius 3 is 1.72 bits per heavy atom. The number of nitrogens with one attached hydrogen (secondary N) is 4. The minimum absolute atomic E-state index is 0.0113. The van der Waals surface area contributed by atoms with Crippen LogP contribution in [0, 0.1) is 29.6 Å². The van der Waals surface area contributed by atoms with Gasteiger partial charge in [-0.15, -0.1) is 0 Å². The molecule has 14 heteroatoms. The van der Waals surface area contributed by atoms with Crippen molar-refractivity contribution in [3.8, 4) is 33.6 Å². The number of hydrogen-bond donors (Lipinski definition) is 5. The van der Waals surface area contributed by atoms with Crippen LogP contribution in [0.25, 0.3) is 33.6 Å². The standard InChI is InChI=1S/C47H54N8O6.C4H10/c1-27(2)40(53-47(59)60)45(57)55-25-29(26-61-4)21-39(55)43-49-23-37(51-43)33-16-12-31(13-17-33)30-10-14-32(15-11-30)36-22-48-42(50-36)38-20-28(3)24-54(38)46(58)41(34-8-6-5-7-9-34)52-44(56)35-18-19-35;1-4(2)3/h5-17,22-23,27-29,35,38-41,53H,18-21,24-26H2,1-4H3,(H,48,50)(H,49,51)(H,52,56)(H,59,60);4H,1-3H3/t28-,29-,38-,39-,40-,41+;/m0./s1. The van der Waals surface area contributed by atoms with Gasteiger partial charge in [-0.05, 0) is 71.3 Å². The average Bonchev–Trinajstić information content (AvgIpc) is 3.61. The summed E-state index contributed by atoms with van der Waals surface area (Å²) in [6.45, 7) is 13.8. The molecule has 0 radical (unpaired) electrons. The number of methoxy groups -OCH3 is 1. The number of nitrogens with zero attached hydrogens (tertiary/aromatic N) is 4. The number of benzene rings is 3. The van der Waals surface area contributed by atoms with E-state index in [0.29, 0.717) is 31.9 Å². The second-order valence-corrected chi connectivity index (χ2v) is 19.0. The first-order valence-electron chi connectivity index (χ1n) is 23.0. The molecule has 2 saturated heterocycles. The predicted octanol–water partition coefficient (Wildman–Crippen LogP) is 8.80. The summed E-state index contributed by atoms with van der Waals surface area (Å²) in [4.78, 5) is 72.4. The first-order chi connectivity index (χ1) is 31.2. The van der Waals surface area contributed by atoms with Gasteiger partial charge in [0.2, 0.25) is 17.7 Å².